The topological polar surface area (TPSA) is 32.3 Å². The highest BCUT2D eigenvalue weighted by Crippen LogP contribution is 2.13. The van der Waals surface area contributed by atoms with Crippen molar-refractivity contribution in [1.82, 2.24) is 5.32 Å². The summed E-state index contributed by atoms with van der Waals surface area (Å²) in [5.41, 5.74) is -0.579. The molecule has 2 heteroatoms. The molecule has 0 aliphatic rings. The second-order valence-corrected chi connectivity index (χ2v) is 3.75. The Morgan fingerprint density at radius 3 is 2.09 bits per heavy atom. The van der Waals surface area contributed by atoms with Crippen LogP contribution in [0.2, 0.25) is 0 Å². The minimum Gasteiger partial charge on any atom is -0.389 e. The Kier molecular flexibility index (Phi) is 4.04. The zero-order valence-corrected chi connectivity index (χ0v) is 8.31. The lowest BCUT2D eigenvalue weighted by atomic mass is 9.94. The Morgan fingerprint density at radius 2 is 1.82 bits per heavy atom. The molecule has 0 saturated carbocycles. The highest BCUT2D eigenvalue weighted by molar-refractivity contribution is 4.83. The van der Waals surface area contributed by atoms with Crippen LogP contribution in [-0.2, 0) is 0 Å². The Balaban J connectivity index is 3.90. The first-order valence-electron chi connectivity index (χ1n) is 4.38. The predicted octanol–water partition coefficient (Wildman–Crippen LogP) is 1.53. The highest BCUT2D eigenvalue weighted by Gasteiger charge is 2.25. The second kappa shape index (κ2) is 4.07. The molecule has 0 saturated heterocycles. The van der Waals surface area contributed by atoms with Crippen LogP contribution in [0.15, 0.2) is 0 Å². The number of rotatable bonds is 4. The maximum Gasteiger partial charge on any atom is 0.0766 e. The van der Waals surface area contributed by atoms with Crippen LogP contribution in [0.3, 0.4) is 0 Å². The Bertz CT molecular complexity index is 110. The summed E-state index contributed by atoms with van der Waals surface area (Å²) in [7, 11) is 0. The molecule has 11 heavy (non-hydrogen) atoms. The fourth-order valence-electron chi connectivity index (χ4n) is 0.986. The molecular weight excluding hydrogens is 138 g/mol. The van der Waals surface area contributed by atoms with Crippen LogP contribution in [0.5, 0.6) is 0 Å². The summed E-state index contributed by atoms with van der Waals surface area (Å²) < 4.78 is 0. The quantitative estimate of drug-likeness (QED) is 0.652. The van der Waals surface area contributed by atoms with E-state index in [1.807, 2.05) is 20.8 Å². The fraction of sp³-hybridized carbons (Fsp3) is 1.00. The van der Waals surface area contributed by atoms with Crippen molar-refractivity contribution in [3.8, 4) is 0 Å². The number of hydrogen-bond acceptors (Lipinski definition) is 2. The first kappa shape index (κ1) is 10.9. The van der Waals surface area contributed by atoms with Gasteiger partial charge in [0.25, 0.3) is 0 Å². The lowest BCUT2D eigenvalue weighted by Gasteiger charge is -2.31. The summed E-state index contributed by atoms with van der Waals surface area (Å²) in [5.74, 6) is 0. The zero-order valence-electron chi connectivity index (χ0n) is 8.31. The number of nitrogens with one attached hydrogen (secondary N) is 1. The standard InChI is InChI=1S/C9H21NO/c1-6-9(5,11)8(4)10-7(2)3/h7-8,10-11H,6H2,1-5H3. The van der Waals surface area contributed by atoms with Gasteiger partial charge >= 0.3 is 0 Å². The third-order valence-corrected chi connectivity index (χ3v) is 2.23. The SMILES string of the molecule is CCC(C)(O)C(C)NC(C)C. The van der Waals surface area contributed by atoms with Gasteiger partial charge in [0.1, 0.15) is 0 Å². The Morgan fingerprint density at radius 1 is 1.36 bits per heavy atom. The van der Waals surface area contributed by atoms with Gasteiger partial charge < -0.3 is 10.4 Å². The molecule has 0 bridgehead atoms. The maximum atomic E-state index is 9.78. The molecule has 0 radical (unpaired) electrons. The van der Waals surface area contributed by atoms with Gasteiger partial charge in [0.05, 0.1) is 5.60 Å². The first-order chi connectivity index (χ1) is 4.90. The van der Waals surface area contributed by atoms with E-state index in [4.69, 9.17) is 0 Å². The average molecular weight is 159 g/mol. The molecule has 0 fully saturated rings. The molecule has 0 spiro atoms. The molecule has 2 unspecified atom stereocenters. The summed E-state index contributed by atoms with van der Waals surface area (Å²) in [6.45, 7) is 10.1. The van der Waals surface area contributed by atoms with Crippen LogP contribution in [0.4, 0.5) is 0 Å². The van der Waals surface area contributed by atoms with Gasteiger partial charge in [-0.3, -0.25) is 0 Å². The second-order valence-electron chi connectivity index (χ2n) is 3.75. The van der Waals surface area contributed by atoms with Crippen molar-refractivity contribution < 1.29 is 5.11 Å². The lowest BCUT2D eigenvalue weighted by molar-refractivity contribution is 0.0192. The van der Waals surface area contributed by atoms with E-state index in [1.165, 1.54) is 0 Å². The van der Waals surface area contributed by atoms with Gasteiger partial charge in [-0.25, -0.2) is 0 Å². The van der Waals surface area contributed by atoms with Crippen molar-refractivity contribution in [2.75, 3.05) is 0 Å². The van der Waals surface area contributed by atoms with E-state index in [-0.39, 0.29) is 6.04 Å². The van der Waals surface area contributed by atoms with Crippen molar-refractivity contribution in [2.24, 2.45) is 0 Å². The van der Waals surface area contributed by atoms with E-state index in [2.05, 4.69) is 19.2 Å². The van der Waals surface area contributed by atoms with E-state index in [9.17, 15) is 5.11 Å². The Hall–Kier alpha value is -0.0800. The van der Waals surface area contributed by atoms with Gasteiger partial charge in [0.15, 0.2) is 0 Å². The monoisotopic (exact) mass is 159 g/mol. The lowest BCUT2D eigenvalue weighted by Crippen LogP contribution is -2.48. The molecule has 0 aliphatic carbocycles. The van der Waals surface area contributed by atoms with E-state index in [0.717, 1.165) is 6.42 Å². The molecule has 68 valence electrons. The smallest absolute Gasteiger partial charge is 0.0766 e. The average Bonchev–Trinajstić information content (AvgIpc) is 1.86. The van der Waals surface area contributed by atoms with Crippen molar-refractivity contribution in [3.05, 3.63) is 0 Å². The van der Waals surface area contributed by atoms with Crippen LogP contribution >= 0.6 is 0 Å². The van der Waals surface area contributed by atoms with E-state index in [0.29, 0.717) is 6.04 Å². The van der Waals surface area contributed by atoms with Gasteiger partial charge in [-0.2, -0.15) is 0 Å². The minimum absolute atomic E-state index is 0.160. The summed E-state index contributed by atoms with van der Waals surface area (Å²) >= 11 is 0. The molecule has 2 atom stereocenters. The molecule has 0 aliphatic heterocycles. The van der Waals surface area contributed by atoms with Gasteiger partial charge in [0, 0.05) is 12.1 Å². The zero-order chi connectivity index (χ0) is 9.07. The van der Waals surface area contributed by atoms with Gasteiger partial charge in [-0.05, 0) is 20.3 Å². The first-order valence-corrected chi connectivity index (χ1v) is 4.38. The molecule has 2 nitrogen and oxygen atoms in total. The van der Waals surface area contributed by atoms with Crippen molar-refractivity contribution in [2.45, 2.75) is 58.7 Å². The van der Waals surface area contributed by atoms with Crippen molar-refractivity contribution in [1.29, 1.82) is 0 Å². The molecule has 2 N–H and O–H groups in total. The van der Waals surface area contributed by atoms with E-state index in [1.54, 1.807) is 0 Å². The van der Waals surface area contributed by atoms with Crippen LogP contribution in [-0.4, -0.2) is 22.8 Å². The molecule has 0 aromatic rings. The van der Waals surface area contributed by atoms with E-state index < -0.39 is 5.60 Å². The van der Waals surface area contributed by atoms with Crippen LogP contribution in [0, 0.1) is 0 Å². The van der Waals surface area contributed by atoms with Gasteiger partial charge in [0.2, 0.25) is 0 Å². The van der Waals surface area contributed by atoms with Crippen LogP contribution < -0.4 is 5.32 Å². The van der Waals surface area contributed by atoms with Crippen molar-refractivity contribution >= 4 is 0 Å². The number of hydrogen-bond donors (Lipinski definition) is 2. The molecule has 0 heterocycles. The highest BCUT2D eigenvalue weighted by atomic mass is 16.3. The summed E-state index contributed by atoms with van der Waals surface area (Å²) in [5, 5.41) is 13.1. The number of aliphatic hydroxyl groups is 1. The molecule has 0 aromatic heterocycles. The predicted molar refractivity (Wildman–Crippen MR) is 48.6 cm³/mol. The summed E-state index contributed by atoms with van der Waals surface area (Å²) in [6, 6.07) is 0.593. The minimum atomic E-state index is -0.579. The summed E-state index contributed by atoms with van der Waals surface area (Å²) in [4.78, 5) is 0. The normalized spacial score (nSPS) is 19.9. The largest absolute Gasteiger partial charge is 0.389 e. The van der Waals surface area contributed by atoms with E-state index >= 15 is 0 Å². The molecule has 0 amide bonds. The molecule has 0 rings (SSSR count). The maximum absolute atomic E-state index is 9.78. The van der Waals surface area contributed by atoms with Gasteiger partial charge in [-0.15, -0.1) is 0 Å². The fourth-order valence-corrected chi connectivity index (χ4v) is 0.986. The summed E-state index contributed by atoms with van der Waals surface area (Å²) in [6.07, 6.45) is 0.786. The third kappa shape index (κ3) is 3.73. The molecular formula is C9H21NO. The molecule has 0 aromatic carbocycles. The van der Waals surface area contributed by atoms with Crippen LogP contribution in [0.1, 0.15) is 41.0 Å². The van der Waals surface area contributed by atoms with Gasteiger partial charge in [-0.1, -0.05) is 20.8 Å². The third-order valence-electron chi connectivity index (χ3n) is 2.23. The van der Waals surface area contributed by atoms with Crippen molar-refractivity contribution in [3.63, 3.8) is 0 Å². The van der Waals surface area contributed by atoms with Crippen LogP contribution in [0.25, 0.3) is 0 Å². The Labute approximate surface area is 70.0 Å².